The van der Waals surface area contributed by atoms with Crippen molar-refractivity contribution >= 4 is 27.3 Å². The van der Waals surface area contributed by atoms with E-state index in [1.54, 1.807) is 18.3 Å². The van der Waals surface area contributed by atoms with Gasteiger partial charge in [-0.1, -0.05) is 15.9 Å². The van der Waals surface area contributed by atoms with Crippen LogP contribution in [0.4, 0.5) is 11.4 Å². The Labute approximate surface area is 130 Å². The van der Waals surface area contributed by atoms with Crippen molar-refractivity contribution in [3.8, 4) is 5.75 Å². The molecule has 0 unspecified atom stereocenters. The fourth-order valence-corrected chi connectivity index (χ4v) is 2.13. The Hall–Kier alpha value is -2.15. The van der Waals surface area contributed by atoms with Crippen LogP contribution in [0.25, 0.3) is 0 Å². The number of benzene rings is 1. The summed E-state index contributed by atoms with van der Waals surface area (Å²) >= 11 is 3.21. The molecule has 0 spiro atoms. The average Bonchev–Trinajstić information content (AvgIpc) is 2.46. The highest BCUT2D eigenvalue weighted by Gasteiger charge is 2.15. The zero-order chi connectivity index (χ0) is 15.2. The van der Waals surface area contributed by atoms with Crippen LogP contribution in [0.15, 0.2) is 41.0 Å². The van der Waals surface area contributed by atoms with Crippen LogP contribution in [0, 0.1) is 10.1 Å². The van der Waals surface area contributed by atoms with Gasteiger partial charge in [0.2, 0.25) is 0 Å². The minimum absolute atomic E-state index is 0.0767. The summed E-state index contributed by atoms with van der Waals surface area (Å²) in [6, 6.07) is 8.39. The molecule has 1 heterocycles. The van der Waals surface area contributed by atoms with Crippen molar-refractivity contribution in [3.63, 3.8) is 0 Å². The number of anilines is 1. The topological polar surface area (TPSA) is 77.3 Å². The molecule has 1 aromatic carbocycles. The summed E-state index contributed by atoms with van der Waals surface area (Å²) in [6.45, 7) is 2.98. The molecule has 2 aromatic rings. The maximum atomic E-state index is 11.0. The second-order valence-electron chi connectivity index (χ2n) is 4.22. The van der Waals surface area contributed by atoms with E-state index in [2.05, 4.69) is 26.2 Å². The van der Waals surface area contributed by atoms with Gasteiger partial charge in [-0.3, -0.25) is 15.1 Å². The number of ether oxygens (including phenoxy) is 1. The molecule has 0 aliphatic rings. The first-order valence-electron chi connectivity index (χ1n) is 6.35. The maximum Gasteiger partial charge on any atom is 0.312 e. The van der Waals surface area contributed by atoms with E-state index in [0.717, 1.165) is 12.2 Å². The van der Waals surface area contributed by atoms with Crippen LogP contribution in [-0.4, -0.2) is 16.5 Å². The molecule has 0 aliphatic carbocycles. The fourth-order valence-electron chi connectivity index (χ4n) is 1.78. The Morgan fingerprint density at radius 3 is 2.90 bits per heavy atom. The van der Waals surface area contributed by atoms with Gasteiger partial charge in [-0.05, 0) is 31.2 Å². The zero-order valence-electron chi connectivity index (χ0n) is 11.4. The average molecular weight is 352 g/mol. The molecule has 1 aromatic heterocycles. The quantitative estimate of drug-likeness (QED) is 0.633. The Morgan fingerprint density at radius 2 is 2.19 bits per heavy atom. The Balaban J connectivity index is 2.13. The van der Waals surface area contributed by atoms with Crippen molar-refractivity contribution < 1.29 is 9.66 Å². The molecule has 110 valence electrons. The van der Waals surface area contributed by atoms with Gasteiger partial charge in [0.1, 0.15) is 6.61 Å². The zero-order valence-corrected chi connectivity index (χ0v) is 13.0. The van der Waals surface area contributed by atoms with Gasteiger partial charge in [-0.25, -0.2) is 0 Å². The van der Waals surface area contributed by atoms with Gasteiger partial charge in [0.05, 0.1) is 10.6 Å². The predicted molar refractivity (Wildman–Crippen MR) is 83.5 cm³/mol. The standard InChI is InChI=1S/C14H14BrN3O3/c1-2-16-11-5-6-17-12(8-11)9-21-14-4-3-10(15)7-13(14)18(19)20/h3-8H,2,9H2,1H3,(H,16,17). The molecular weight excluding hydrogens is 338 g/mol. The first kappa shape index (κ1) is 15.2. The lowest BCUT2D eigenvalue weighted by Crippen LogP contribution is -2.03. The first-order valence-corrected chi connectivity index (χ1v) is 7.15. The SMILES string of the molecule is CCNc1ccnc(COc2ccc(Br)cc2[N+](=O)[O-])c1. The van der Waals surface area contributed by atoms with E-state index < -0.39 is 4.92 Å². The summed E-state index contributed by atoms with van der Waals surface area (Å²) in [4.78, 5) is 14.7. The van der Waals surface area contributed by atoms with E-state index in [0.29, 0.717) is 10.2 Å². The minimum atomic E-state index is -0.470. The number of nitro benzene ring substituents is 1. The number of hydrogen-bond acceptors (Lipinski definition) is 5. The third-order valence-electron chi connectivity index (χ3n) is 2.69. The molecule has 0 fully saturated rings. The van der Waals surface area contributed by atoms with Crippen LogP contribution >= 0.6 is 15.9 Å². The molecule has 2 rings (SSSR count). The normalized spacial score (nSPS) is 10.2. The van der Waals surface area contributed by atoms with Gasteiger partial charge in [-0.15, -0.1) is 0 Å². The third-order valence-corrected chi connectivity index (χ3v) is 3.18. The molecular formula is C14H14BrN3O3. The minimum Gasteiger partial charge on any atom is -0.480 e. The molecule has 7 heteroatoms. The number of pyridine rings is 1. The molecule has 0 aliphatic heterocycles. The van der Waals surface area contributed by atoms with E-state index in [1.807, 2.05) is 19.1 Å². The summed E-state index contributed by atoms with van der Waals surface area (Å²) in [6.07, 6.45) is 1.67. The van der Waals surface area contributed by atoms with Gasteiger partial charge >= 0.3 is 5.69 Å². The highest BCUT2D eigenvalue weighted by Crippen LogP contribution is 2.30. The largest absolute Gasteiger partial charge is 0.480 e. The van der Waals surface area contributed by atoms with Crippen LogP contribution in [0.3, 0.4) is 0 Å². The Morgan fingerprint density at radius 1 is 1.38 bits per heavy atom. The first-order chi connectivity index (χ1) is 10.1. The lowest BCUT2D eigenvalue weighted by atomic mass is 10.3. The molecule has 0 radical (unpaired) electrons. The lowest BCUT2D eigenvalue weighted by Gasteiger charge is -2.08. The van der Waals surface area contributed by atoms with E-state index in [4.69, 9.17) is 4.74 Å². The molecule has 0 atom stereocenters. The number of nitrogens with zero attached hydrogens (tertiary/aromatic N) is 2. The molecule has 0 saturated carbocycles. The molecule has 0 saturated heterocycles. The Bertz CT molecular complexity index is 649. The molecule has 21 heavy (non-hydrogen) atoms. The summed E-state index contributed by atoms with van der Waals surface area (Å²) in [7, 11) is 0. The smallest absolute Gasteiger partial charge is 0.312 e. The lowest BCUT2D eigenvalue weighted by molar-refractivity contribution is -0.386. The van der Waals surface area contributed by atoms with E-state index >= 15 is 0 Å². The fraction of sp³-hybridized carbons (Fsp3) is 0.214. The maximum absolute atomic E-state index is 11.0. The van der Waals surface area contributed by atoms with Crippen LogP contribution in [0.1, 0.15) is 12.6 Å². The third kappa shape index (κ3) is 4.16. The van der Waals surface area contributed by atoms with Crippen molar-refractivity contribution in [1.29, 1.82) is 0 Å². The van der Waals surface area contributed by atoms with Gasteiger partial charge in [0.25, 0.3) is 0 Å². The number of nitrogens with one attached hydrogen (secondary N) is 1. The monoisotopic (exact) mass is 351 g/mol. The predicted octanol–water partition coefficient (Wildman–Crippen LogP) is 3.76. The summed E-state index contributed by atoms with van der Waals surface area (Å²) in [5, 5.41) is 14.2. The summed E-state index contributed by atoms with van der Waals surface area (Å²) in [5.74, 6) is 0.221. The second-order valence-corrected chi connectivity index (χ2v) is 5.14. The molecule has 6 nitrogen and oxygen atoms in total. The van der Waals surface area contributed by atoms with Crippen molar-refractivity contribution in [3.05, 3.63) is 56.8 Å². The van der Waals surface area contributed by atoms with Crippen LogP contribution in [0.2, 0.25) is 0 Å². The van der Waals surface area contributed by atoms with Crippen LogP contribution in [0.5, 0.6) is 5.75 Å². The molecule has 0 amide bonds. The summed E-state index contributed by atoms with van der Waals surface area (Å²) < 4.78 is 6.15. The molecule has 0 bridgehead atoms. The van der Waals surface area contributed by atoms with E-state index in [9.17, 15) is 10.1 Å². The number of aromatic nitrogens is 1. The van der Waals surface area contributed by atoms with Gasteiger partial charge in [0, 0.05) is 29.0 Å². The van der Waals surface area contributed by atoms with Crippen molar-refractivity contribution in [1.82, 2.24) is 4.98 Å². The van der Waals surface area contributed by atoms with Crippen molar-refractivity contribution in [2.24, 2.45) is 0 Å². The van der Waals surface area contributed by atoms with E-state index in [1.165, 1.54) is 6.07 Å². The van der Waals surface area contributed by atoms with Gasteiger partial charge in [-0.2, -0.15) is 0 Å². The van der Waals surface area contributed by atoms with E-state index in [-0.39, 0.29) is 18.0 Å². The van der Waals surface area contributed by atoms with Gasteiger partial charge < -0.3 is 10.1 Å². The number of halogens is 1. The Kier molecular flexibility index (Phi) is 5.10. The number of hydrogen-bond donors (Lipinski definition) is 1. The van der Waals surface area contributed by atoms with Crippen molar-refractivity contribution in [2.75, 3.05) is 11.9 Å². The summed E-state index contributed by atoms with van der Waals surface area (Å²) in [5.41, 5.74) is 1.56. The van der Waals surface area contributed by atoms with Crippen molar-refractivity contribution in [2.45, 2.75) is 13.5 Å². The highest BCUT2D eigenvalue weighted by atomic mass is 79.9. The number of rotatable bonds is 6. The second kappa shape index (κ2) is 7.03. The van der Waals surface area contributed by atoms with Crippen LogP contribution in [-0.2, 0) is 6.61 Å². The van der Waals surface area contributed by atoms with Crippen LogP contribution < -0.4 is 10.1 Å². The highest BCUT2D eigenvalue weighted by molar-refractivity contribution is 9.10. The molecule has 1 N–H and O–H groups in total. The number of nitro groups is 1. The van der Waals surface area contributed by atoms with Gasteiger partial charge in [0.15, 0.2) is 5.75 Å².